The Morgan fingerprint density at radius 3 is 1.81 bits per heavy atom. The number of hydrogen-bond acceptors (Lipinski definition) is 10. The number of non-ortho nitro benzene ring substituents is 2. The standard InChI is InChI=1S/C33H25BrN4O10/c1-48-25-13-15(12-24(34)29(25)39)26-20-10-11-21-27(32(42)35(30(21)40)16-2-6-18(7-3-16)37(44)45)22(20)14-23-28(26)33(43)36(31(23)41)17-4-8-19(9-5-17)38(46)47/h2-10,12-13,21-23,26-28,39H,11,14H2,1H3. The van der Waals surface area contributed by atoms with Crippen LogP contribution in [0.1, 0.15) is 24.3 Å². The molecule has 2 heterocycles. The molecule has 3 fully saturated rings. The highest BCUT2D eigenvalue weighted by atomic mass is 79.9. The van der Waals surface area contributed by atoms with Gasteiger partial charge in [0.05, 0.1) is 56.5 Å². The number of rotatable bonds is 6. The van der Waals surface area contributed by atoms with Crippen LogP contribution in [0.5, 0.6) is 11.5 Å². The minimum absolute atomic E-state index is 0.0890. The van der Waals surface area contributed by atoms with E-state index in [-0.39, 0.29) is 51.6 Å². The van der Waals surface area contributed by atoms with Gasteiger partial charge in [-0.25, -0.2) is 0 Å². The van der Waals surface area contributed by atoms with E-state index in [1.54, 1.807) is 12.1 Å². The Bertz CT molecular complexity index is 1980. The van der Waals surface area contributed by atoms with Crippen molar-refractivity contribution in [2.24, 2.45) is 29.6 Å². The summed E-state index contributed by atoms with van der Waals surface area (Å²) in [7, 11) is 1.37. The maximum Gasteiger partial charge on any atom is 0.269 e. The van der Waals surface area contributed by atoms with Crippen molar-refractivity contribution < 1.29 is 38.9 Å². The van der Waals surface area contributed by atoms with E-state index in [9.17, 15) is 44.5 Å². The minimum Gasteiger partial charge on any atom is -0.503 e. The van der Waals surface area contributed by atoms with Crippen molar-refractivity contribution >= 4 is 62.3 Å². The fourth-order valence-corrected chi connectivity index (χ4v) is 8.31. The number of carbonyl (C=O) groups is 4. The van der Waals surface area contributed by atoms with Gasteiger partial charge in [0, 0.05) is 30.2 Å². The summed E-state index contributed by atoms with van der Waals surface area (Å²) in [6.45, 7) is 0. The molecule has 0 aromatic heterocycles. The van der Waals surface area contributed by atoms with E-state index in [2.05, 4.69) is 15.9 Å². The molecule has 0 bridgehead atoms. The largest absolute Gasteiger partial charge is 0.503 e. The average Bonchev–Trinajstić information content (AvgIpc) is 3.48. The molecule has 3 aromatic carbocycles. The summed E-state index contributed by atoms with van der Waals surface area (Å²) in [5.74, 6) is -6.88. The summed E-state index contributed by atoms with van der Waals surface area (Å²) in [6.07, 6.45) is 2.13. The Balaban J connectivity index is 1.33. The first kappa shape index (κ1) is 31.2. The van der Waals surface area contributed by atoms with Gasteiger partial charge in [-0.05, 0) is 76.7 Å². The summed E-state index contributed by atoms with van der Waals surface area (Å²) < 4.78 is 5.68. The van der Waals surface area contributed by atoms with Gasteiger partial charge in [0.15, 0.2) is 11.5 Å². The third-order valence-corrected chi connectivity index (χ3v) is 10.5. The van der Waals surface area contributed by atoms with Crippen molar-refractivity contribution in [1.82, 2.24) is 0 Å². The van der Waals surface area contributed by atoms with Crippen LogP contribution in [0.15, 0.2) is 76.8 Å². The van der Waals surface area contributed by atoms with E-state index in [0.29, 0.717) is 11.1 Å². The van der Waals surface area contributed by atoms with E-state index < -0.39 is 69.0 Å². The highest BCUT2D eigenvalue weighted by molar-refractivity contribution is 9.10. The number of phenols is 1. The third kappa shape index (κ3) is 4.59. The van der Waals surface area contributed by atoms with Gasteiger partial charge >= 0.3 is 0 Å². The molecule has 48 heavy (non-hydrogen) atoms. The normalized spacial score (nSPS) is 26.2. The topological polar surface area (TPSA) is 190 Å². The Labute approximate surface area is 280 Å². The molecule has 2 aliphatic carbocycles. The van der Waals surface area contributed by atoms with E-state index in [1.165, 1.54) is 55.6 Å². The second-order valence-corrected chi connectivity index (χ2v) is 13.0. The lowest BCUT2D eigenvalue weighted by atomic mass is 9.57. The maximum absolute atomic E-state index is 14.3. The van der Waals surface area contributed by atoms with Crippen molar-refractivity contribution in [3.63, 3.8) is 0 Å². The number of carbonyl (C=O) groups excluding carboxylic acids is 4. The van der Waals surface area contributed by atoms with Gasteiger partial charge < -0.3 is 9.84 Å². The highest BCUT2D eigenvalue weighted by Gasteiger charge is 2.62. The number of benzene rings is 3. The van der Waals surface area contributed by atoms with E-state index in [0.717, 1.165) is 9.80 Å². The van der Waals surface area contributed by atoms with Crippen LogP contribution in [0.25, 0.3) is 0 Å². The zero-order valence-corrected chi connectivity index (χ0v) is 26.6. The van der Waals surface area contributed by atoms with Crippen LogP contribution < -0.4 is 14.5 Å². The Morgan fingerprint density at radius 2 is 1.29 bits per heavy atom. The van der Waals surface area contributed by atoms with E-state index in [1.807, 2.05) is 6.08 Å². The Kier molecular flexibility index (Phi) is 7.38. The molecule has 2 saturated heterocycles. The number of fused-ring (bicyclic) bond motifs is 4. The first-order chi connectivity index (χ1) is 22.9. The second kappa shape index (κ2) is 11.4. The molecule has 1 N–H and O–H groups in total. The van der Waals surface area contributed by atoms with Gasteiger partial charge in [0.2, 0.25) is 23.6 Å². The van der Waals surface area contributed by atoms with E-state index in [4.69, 9.17) is 4.74 Å². The number of nitro groups is 2. The van der Waals surface area contributed by atoms with Crippen molar-refractivity contribution in [2.75, 3.05) is 16.9 Å². The van der Waals surface area contributed by atoms with Gasteiger partial charge in [-0.1, -0.05) is 11.6 Å². The zero-order chi connectivity index (χ0) is 34.2. The van der Waals surface area contributed by atoms with Crippen LogP contribution in [0.3, 0.4) is 0 Å². The lowest BCUT2D eigenvalue weighted by Crippen LogP contribution is -2.43. The second-order valence-electron chi connectivity index (χ2n) is 12.1. The number of nitro benzene ring substituents is 2. The van der Waals surface area contributed by atoms with Crippen LogP contribution in [-0.4, -0.2) is 45.7 Å². The number of ether oxygens (including phenoxy) is 1. The smallest absolute Gasteiger partial charge is 0.269 e. The van der Waals surface area contributed by atoms with Crippen molar-refractivity contribution in [2.45, 2.75) is 18.8 Å². The Hall–Kier alpha value is -5.44. The molecular weight excluding hydrogens is 692 g/mol. The number of hydrogen-bond donors (Lipinski definition) is 1. The third-order valence-electron chi connectivity index (χ3n) is 9.92. The average molecular weight is 717 g/mol. The van der Waals surface area contributed by atoms with Gasteiger partial charge in [-0.2, -0.15) is 0 Å². The molecule has 4 aliphatic rings. The molecular formula is C33H25BrN4O10. The molecule has 1 saturated carbocycles. The highest BCUT2D eigenvalue weighted by Crippen LogP contribution is 2.59. The summed E-state index contributed by atoms with van der Waals surface area (Å²) >= 11 is 3.35. The first-order valence-corrected chi connectivity index (χ1v) is 15.7. The molecule has 6 atom stereocenters. The molecule has 14 nitrogen and oxygen atoms in total. The number of halogens is 1. The lowest BCUT2D eigenvalue weighted by Gasteiger charge is -2.44. The quantitative estimate of drug-likeness (QED) is 0.157. The van der Waals surface area contributed by atoms with E-state index >= 15 is 0 Å². The maximum atomic E-state index is 14.3. The van der Waals surface area contributed by atoms with Gasteiger partial charge in [-0.15, -0.1) is 0 Å². The molecule has 15 heteroatoms. The van der Waals surface area contributed by atoms with Crippen molar-refractivity contribution in [3.8, 4) is 11.5 Å². The van der Waals surface area contributed by atoms with Gasteiger partial charge in [-0.3, -0.25) is 49.2 Å². The van der Waals surface area contributed by atoms with Crippen molar-refractivity contribution in [1.29, 1.82) is 0 Å². The summed E-state index contributed by atoms with van der Waals surface area (Å²) in [5.41, 5.74) is 1.20. The van der Waals surface area contributed by atoms with Gasteiger partial charge in [0.1, 0.15) is 0 Å². The number of allylic oxidation sites excluding steroid dienone is 2. The lowest BCUT2D eigenvalue weighted by molar-refractivity contribution is -0.385. The zero-order valence-electron chi connectivity index (χ0n) is 25.0. The van der Waals surface area contributed by atoms with Crippen LogP contribution in [0.2, 0.25) is 0 Å². The molecule has 0 radical (unpaired) electrons. The number of imide groups is 2. The number of phenolic OH excluding ortho intramolecular Hbond substituents is 1. The monoisotopic (exact) mass is 716 g/mol. The molecule has 2 aliphatic heterocycles. The molecule has 7 rings (SSSR count). The molecule has 0 spiro atoms. The fraction of sp³-hybridized carbons (Fsp3) is 0.273. The number of methoxy groups -OCH3 is 1. The number of nitrogens with zero attached hydrogens (tertiary/aromatic N) is 4. The number of amides is 4. The fourth-order valence-electron chi connectivity index (χ4n) is 7.85. The molecule has 244 valence electrons. The van der Waals surface area contributed by atoms with Crippen LogP contribution >= 0.6 is 15.9 Å². The minimum atomic E-state index is -0.925. The summed E-state index contributed by atoms with van der Waals surface area (Å²) in [6, 6.07) is 13.4. The summed E-state index contributed by atoms with van der Waals surface area (Å²) in [4.78, 5) is 79.6. The van der Waals surface area contributed by atoms with Crippen molar-refractivity contribution in [3.05, 3.63) is 103 Å². The van der Waals surface area contributed by atoms with Gasteiger partial charge in [0.25, 0.3) is 11.4 Å². The first-order valence-electron chi connectivity index (χ1n) is 14.9. The van der Waals surface area contributed by atoms with Crippen LogP contribution in [0.4, 0.5) is 22.7 Å². The summed E-state index contributed by atoms with van der Waals surface area (Å²) in [5, 5.41) is 33.0. The molecule has 4 amide bonds. The SMILES string of the molecule is COc1cc(C2C3=CCC4C(=O)N(c5ccc([N+](=O)[O-])cc5)C(=O)C4C3CC3C(=O)N(c4ccc([N+](=O)[O-])cc4)C(=O)C32)cc(Br)c1O. The number of aromatic hydroxyl groups is 1. The van der Waals surface area contributed by atoms with Crippen LogP contribution in [-0.2, 0) is 19.2 Å². The van der Waals surface area contributed by atoms with Crippen LogP contribution in [0, 0.1) is 49.8 Å². The number of anilines is 2. The predicted octanol–water partition coefficient (Wildman–Crippen LogP) is 5.02. The molecule has 6 unspecified atom stereocenters. The Morgan fingerprint density at radius 1 is 0.771 bits per heavy atom. The predicted molar refractivity (Wildman–Crippen MR) is 171 cm³/mol. The molecule has 3 aromatic rings.